The van der Waals surface area contributed by atoms with Crippen molar-refractivity contribution in [1.29, 1.82) is 0 Å². The maximum Gasteiger partial charge on any atom is 0.182 e. The lowest BCUT2D eigenvalue weighted by Gasteiger charge is -2.06. The smallest absolute Gasteiger partial charge is 0.182 e. The highest BCUT2D eigenvalue weighted by molar-refractivity contribution is 9.10. The van der Waals surface area contributed by atoms with E-state index in [0.29, 0.717) is 6.54 Å². The minimum Gasteiger partial charge on any atom is -0.327 e. The Morgan fingerprint density at radius 1 is 1.47 bits per heavy atom. The Morgan fingerprint density at radius 2 is 2.29 bits per heavy atom. The van der Waals surface area contributed by atoms with Gasteiger partial charge in [0.1, 0.15) is 5.82 Å². The van der Waals surface area contributed by atoms with Crippen molar-refractivity contribution < 1.29 is 4.79 Å². The van der Waals surface area contributed by atoms with E-state index in [1.54, 1.807) is 6.20 Å². The van der Waals surface area contributed by atoms with E-state index in [9.17, 15) is 4.79 Å². The lowest BCUT2D eigenvalue weighted by Crippen LogP contribution is -2.12. The van der Waals surface area contributed by atoms with Gasteiger partial charge in [0.2, 0.25) is 0 Å². The average Bonchev–Trinajstić information content (AvgIpc) is 2.76. The quantitative estimate of drug-likeness (QED) is 0.812. The van der Waals surface area contributed by atoms with Crippen molar-refractivity contribution in [2.75, 3.05) is 0 Å². The molecule has 0 saturated heterocycles. The van der Waals surface area contributed by atoms with E-state index in [1.165, 1.54) is 0 Å². The van der Waals surface area contributed by atoms with Crippen LogP contribution in [0.4, 0.5) is 0 Å². The summed E-state index contributed by atoms with van der Waals surface area (Å²) in [6.45, 7) is 2.38. The van der Waals surface area contributed by atoms with Gasteiger partial charge in [-0.25, -0.2) is 4.98 Å². The SMILES string of the molecule is CCc1nccn1CC(=O)c1cccc(Br)c1. The number of Topliss-reactive ketones (excluding diaryl/α,β-unsaturated/α-hetero) is 1. The monoisotopic (exact) mass is 292 g/mol. The van der Waals surface area contributed by atoms with Crippen molar-refractivity contribution >= 4 is 21.7 Å². The van der Waals surface area contributed by atoms with Gasteiger partial charge in [0.05, 0.1) is 6.54 Å². The third kappa shape index (κ3) is 2.82. The van der Waals surface area contributed by atoms with Gasteiger partial charge in [-0.05, 0) is 12.1 Å². The Balaban J connectivity index is 2.17. The third-order valence-corrected chi connectivity index (χ3v) is 3.07. The molecule has 0 bridgehead atoms. The summed E-state index contributed by atoms with van der Waals surface area (Å²) in [4.78, 5) is 16.3. The van der Waals surface area contributed by atoms with Crippen LogP contribution in [0, 0.1) is 0 Å². The Labute approximate surface area is 109 Å². The first-order valence-electron chi connectivity index (χ1n) is 5.49. The molecule has 0 amide bonds. The number of nitrogens with zero attached hydrogens (tertiary/aromatic N) is 2. The first kappa shape index (κ1) is 12.0. The maximum absolute atomic E-state index is 12.1. The van der Waals surface area contributed by atoms with E-state index in [1.807, 2.05) is 42.0 Å². The molecule has 0 fully saturated rings. The van der Waals surface area contributed by atoms with Crippen LogP contribution >= 0.6 is 15.9 Å². The zero-order chi connectivity index (χ0) is 12.3. The summed E-state index contributed by atoms with van der Waals surface area (Å²) in [5, 5.41) is 0. The molecule has 0 aliphatic heterocycles. The standard InChI is InChI=1S/C13H13BrN2O/c1-2-13-15-6-7-16(13)9-12(17)10-4-3-5-11(14)8-10/h3-8H,2,9H2,1H3. The summed E-state index contributed by atoms with van der Waals surface area (Å²) < 4.78 is 2.81. The van der Waals surface area contributed by atoms with Gasteiger partial charge in [-0.15, -0.1) is 0 Å². The molecule has 0 spiro atoms. The van der Waals surface area contributed by atoms with Gasteiger partial charge in [0.15, 0.2) is 5.78 Å². The molecule has 0 aliphatic carbocycles. The molecular weight excluding hydrogens is 280 g/mol. The summed E-state index contributed by atoms with van der Waals surface area (Å²) in [5.41, 5.74) is 0.718. The van der Waals surface area contributed by atoms with Crippen LogP contribution in [0.5, 0.6) is 0 Å². The van der Waals surface area contributed by atoms with Gasteiger partial charge in [-0.3, -0.25) is 4.79 Å². The van der Waals surface area contributed by atoms with E-state index in [-0.39, 0.29) is 5.78 Å². The fourth-order valence-corrected chi connectivity index (χ4v) is 2.11. The van der Waals surface area contributed by atoms with E-state index >= 15 is 0 Å². The number of rotatable bonds is 4. The van der Waals surface area contributed by atoms with Gasteiger partial charge in [0, 0.05) is 28.9 Å². The predicted octanol–water partition coefficient (Wildman–Crippen LogP) is 3.09. The fraction of sp³-hybridized carbons (Fsp3) is 0.231. The number of aryl methyl sites for hydroxylation is 1. The highest BCUT2D eigenvalue weighted by Gasteiger charge is 2.09. The lowest BCUT2D eigenvalue weighted by atomic mass is 10.1. The normalized spacial score (nSPS) is 10.5. The molecule has 1 heterocycles. The van der Waals surface area contributed by atoms with E-state index < -0.39 is 0 Å². The maximum atomic E-state index is 12.1. The summed E-state index contributed by atoms with van der Waals surface area (Å²) in [6.07, 6.45) is 4.40. The van der Waals surface area contributed by atoms with Crippen molar-refractivity contribution in [3.8, 4) is 0 Å². The Kier molecular flexibility index (Phi) is 3.74. The molecular formula is C13H13BrN2O. The topological polar surface area (TPSA) is 34.9 Å². The molecule has 17 heavy (non-hydrogen) atoms. The summed E-state index contributed by atoms with van der Waals surface area (Å²) in [6, 6.07) is 7.44. The third-order valence-electron chi connectivity index (χ3n) is 2.58. The molecule has 0 aliphatic rings. The lowest BCUT2D eigenvalue weighted by molar-refractivity contribution is 0.0971. The summed E-state index contributed by atoms with van der Waals surface area (Å²) in [7, 11) is 0. The highest BCUT2D eigenvalue weighted by atomic mass is 79.9. The first-order chi connectivity index (χ1) is 8.20. The van der Waals surface area contributed by atoms with Crippen LogP contribution in [-0.2, 0) is 13.0 Å². The number of benzene rings is 1. The van der Waals surface area contributed by atoms with E-state index in [0.717, 1.165) is 22.3 Å². The van der Waals surface area contributed by atoms with Gasteiger partial charge < -0.3 is 4.57 Å². The number of ketones is 1. The minimum atomic E-state index is 0.0963. The molecule has 2 rings (SSSR count). The van der Waals surface area contributed by atoms with E-state index in [2.05, 4.69) is 20.9 Å². The second kappa shape index (κ2) is 5.27. The molecule has 88 valence electrons. The van der Waals surface area contributed by atoms with Crippen LogP contribution in [0.25, 0.3) is 0 Å². The fourth-order valence-electron chi connectivity index (χ4n) is 1.71. The van der Waals surface area contributed by atoms with Gasteiger partial charge >= 0.3 is 0 Å². The van der Waals surface area contributed by atoms with Gasteiger partial charge in [0.25, 0.3) is 0 Å². The predicted molar refractivity (Wildman–Crippen MR) is 70.1 cm³/mol. The highest BCUT2D eigenvalue weighted by Crippen LogP contribution is 2.13. The summed E-state index contributed by atoms with van der Waals surface area (Å²) in [5.74, 6) is 1.03. The van der Waals surface area contributed by atoms with Gasteiger partial charge in [-0.2, -0.15) is 0 Å². The number of imidazole rings is 1. The van der Waals surface area contributed by atoms with Crippen LogP contribution in [0.3, 0.4) is 0 Å². The minimum absolute atomic E-state index is 0.0963. The zero-order valence-electron chi connectivity index (χ0n) is 9.56. The van der Waals surface area contributed by atoms with Crippen molar-refractivity contribution in [1.82, 2.24) is 9.55 Å². The Morgan fingerprint density at radius 3 is 3.00 bits per heavy atom. The van der Waals surface area contributed by atoms with E-state index in [4.69, 9.17) is 0 Å². The average molecular weight is 293 g/mol. The number of halogens is 1. The Hall–Kier alpha value is -1.42. The van der Waals surface area contributed by atoms with Gasteiger partial charge in [-0.1, -0.05) is 35.0 Å². The number of hydrogen-bond donors (Lipinski definition) is 0. The largest absolute Gasteiger partial charge is 0.327 e. The van der Waals surface area contributed by atoms with Crippen molar-refractivity contribution in [3.63, 3.8) is 0 Å². The summed E-state index contributed by atoms with van der Waals surface area (Å²) >= 11 is 3.37. The van der Waals surface area contributed by atoms with Crippen LogP contribution in [-0.4, -0.2) is 15.3 Å². The van der Waals surface area contributed by atoms with Crippen LogP contribution < -0.4 is 0 Å². The molecule has 4 heteroatoms. The number of aromatic nitrogens is 2. The number of carbonyl (C=O) groups excluding carboxylic acids is 1. The molecule has 0 radical (unpaired) electrons. The molecule has 1 aromatic heterocycles. The molecule has 0 atom stereocenters. The first-order valence-corrected chi connectivity index (χ1v) is 6.28. The van der Waals surface area contributed by atoms with Crippen LogP contribution in [0.1, 0.15) is 23.1 Å². The molecule has 1 aromatic carbocycles. The zero-order valence-corrected chi connectivity index (χ0v) is 11.1. The molecule has 3 nitrogen and oxygen atoms in total. The van der Waals surface area contributed by atoms with Crippen molar-refractivity contribution in [2.45, 2.75) is 19.9 Å². The second-order valence-corrected chi connectivity index (χ2v) is 4.67. The Bertz CT molecular complexity index is 534. The number of carbonyl (C=O) groups is 1. The van der Waals surface area contributed by atoms with Crippen molar-refractivity contribution in [3.05, 3.63) is 52.5 Å². The molecule has 2 aromatic rings. The van der Waals surface area contributed by atoms with Crippen LogP contribution in [0.2, 0.25) is 0 Å². The van der Waals surface area contributed by atoms with Crippen molar-refractivity contribution in [2.24, 2.45) is 0 Å². The molecule has 0 saturated carbocycles. The molecule has 0 N–H and O–H groups in total. The molecule has 0 unspecified atom stereocenters. The second-order valence-electron chi connectivity index (χ2n) is 3.76. The van der Waals surface area contributed by atoms with Crippen LogP contribution in [0.15, 0.2) is 41.1 Å². The number of hydrogen-bond acceptors (Lipinski definition) is 2.